The number of rotatable bonds is 4. The quantitative estimate of drug-likeness (QED) is 0.634. The minimum atomic E-state index is -0.391. The van der Waals surface area contributed by atoms with Gasteiger partial charge in [0, 0.05) is 0 Å². The van der Waals surface area contributed by atoms with Gasteiger partial charge in [-0.05, 0) is 35.1 Å². The Morgan fingerprint density at radius 1 is 0.955 bits per heavy atom. The lowest BCUT2D eigenvalue weighted by Crippen LogP contribution is -2.12. The highest BCUT2D eigenvalue weighted by molar-refractivity contribution is 7.12. The number of benzene rings is 2. The number of hydrogen-bond acceptors (Lipinski definition) is 3. The molecule has 110 valence electrons. The van der Waals surface area contributed by atoms with Crippen LogP contribution >= 0.6 is 11.3 Å². The Bertz CT molecular complexity index is 708. The Labute approximate surface area is 134 Å². The van der Waals surface area contributed by atoms with Gasteiger partial charge >= 0.3 is 5.97 Å². The summed E-state index contributed by atoms with van der Waals surface area (Å²) in [5, 5.41) is 1.95. The van der Waals surface area contributed by atoms with E-state index < -0.39 is 6.10 Å². The fourth-order valence-electron chi connectivity index (χ4n) is 2.29. The van der Waals surface area contributed by atoms with Crippen LogP contribution in [0.3, 0.4) is 0 Å². The SMILES string of the molecule is Cc1csc(C(=O)OC(c2ccccc2)c2ccccc2)c1. The van der Waals surface area contributed by atoms with Crippen LogP contribution in [0.25, 0.3) is 0 Å². The van der Waals surface area contributed by atoms with E-state index in [2.05, 4.69) is 0 Å². The standard InChI is InChI=1S/C19H16O2S/c1-14-12-17(22-13-14)19(20)21-18(15-8-4-2-5-9-15)16-10-6-3-7-11-16/h2-13,18H,1H3. The highest BCUT2D eigenvalue weighted by Crippen LogP contribution is 2.28. The smallest absolute Gasteiger partial charge is 0.349 e. The van der Waals surface area contributed by atoms with E-state index in [0.717, 1.165) is 16.7 Å². The van der Waals surface area contributed by atoms with Crippen molar-refractivity contribution in [2.45, 2.75) is 13.0 Å². The third-order valence-electron chi connectivity index (χ3n) is 3.36. The van der Waals surface area contributed by atoms with Gasteiger partial charge in [-0.1, -0.05) is 60.7 Å². The van der Waals surface area contributed by atoms with Gasteiger partial charge in [-0.25, -0.2) is 4.79 Å². The molecule has 0 bridgehead atoms. The molecule has 0 fully saturated rings. The summed E-state index contributed by atoms with van der Waals surface area (Å²) in [5.41, 5.74) is 3.01. The summed E-state index contributed by atoms with van der Waals surface area (Å²) in [6.07, 6.45) is -0.391. The van der Waals surface area contributed by atoms with E-state index >= 15 is 0 Å². The Morgan fingerprint density at radius 2 is 1.50 bits per heavy atom. The molecule has 0 spiro atoms. The summed E-state index contributed by atoms with van der Waals surface area (Å²) in [6.45, 7) is 1.97. The molecule has 0 saturated heterocycles. The van der Waals surface area contributed by atoms with Gasteiger partial charge in [-0.2, -0.15) is 0 Å². The molecule has 3 heteroatoms. The highest BCUT2D eigenvalue weighted by atomic mass is 32.1. The summed E-state index contributed by atoms with van der Waals surface area (Å²) in [4.78, 5) is 13.0. The van der Waals surface area contributed by atoms with E-state index in [1.165, 1.54) is 11.3 Å². The Balaban J connectivity index is 1.91. The van der Waals surface area contributed by atoms with Crippen molar-refractivity contribution in [1.82, 2.24) is 0 Å². The van der Waals surface area contributed by atoms with E-state index in [-0.39, 0.29) is 5.97 Å². The first-order valence-corrected chi connectivity index (χ1v) is 7.98. The van der Waals surface area contributed by atoms with Crippen LogP contribution in [-0.2, 0) is 4.74 Å². The third-order valence-corrected chi connectivity index (χ3v) is 4.39. The van der Waals surface area contributed by atoms with Gasteiger partial charge < -0.3 is 4.74 Å². The van der Waals surface area contributed by atoms with Gasteiger partial charge in [0.05, 0.1) is 0 Å². The maximum absolute atomic E-state index is 12.4. The number of carbonyl (C=O) groups is 1. The Hall–Kier alpha value is -2.39. The van der Waals surface area contributed by atoms with Crippen molar-refractivity contribution in [3.63, 3.8) is 0 Å². The lowest BCUT2D eigenvalue weighted by atomic mass is 10.0. The average molecular weight is 308 g/mol. The molecule has 0 amide bonds. The molecule has 0 aliphatic heterocycles. The summed E-state index contributed by atoms with van der Waals surface area (Å²) in [6, 6.07) is 21.5. The van der Waals surface area contributed by atoms with Crippen molar-refractivity contribution in [3.8, 4) is 0 Å². The highest BCUT2D eigenvalue weighted by Gasteiger charge is 2.20. The van der Waals surface area contributed by atoms with Crippen LogP contribution < -0.4 is 0 Å². The second-order valence-electron chi connectivity index (χ2n) is 5.10. The first-order chi connectivity index (χ1) is 10.7. The van der Waals surface area contributed by atoms with Crippen molar-refractivity contribution in [1.29, 1.82) is 0 Å². The molecular formula is C19H16O2S. The molecule has 0 unspecified atom stereocenters. The normalized spacial score (nSPS) is 10.6. The molecule has 0 radical (unpaired) electrons. The van der Waals surface area contributed by atoms with Crippen molar-refractivity contribution in [2.75, 3.05) is 0 Å². The van der Waals surface area contributed by atoms with Crippen LogP contribution in [0.1, 0.15) is 32.5 Å². The van der Waals surface area contributed by atoms with Crippen LogP contribution in [0.4, 0.5) is 0 Å². The second kappa shape index (κ2) is 6.58. The summed E-state index contributed by atoms with van der Waals surface area (Å²) in [7, 11) is 0. The number of aryl methyl sites for hydroxylation is 1. The van der Waals surface area contributed by atoms with Crippen molar-refractivity contribution < 1.29 is 9.53 Å². The fourth-order valence-corrected chi connectivity index (χ4v) is 3.07. The van der Waals surface area contributed by atoms with Crippen molar-refractivity contribution in [3.05, 3.63) is 93.7 Å². The molecule has 2 nitrogen and oxygen atoms in total. The first-order valence-electron chi connectivity index (χ1n) is 7.10. The Morgan fingerprint density at radius 3 is 1.95 bits per heavy atom. The van der Waals surface area contributed by atoms with Gasteiger partial charge in [0.25, 0.3) is 0 Å². The topological polar surface area (TPSA) is 26.3 Å². The minimum absolute atomic E-state index is 0.282. The lowest BCUT2D eigenvalue weighted by molar-refractivity contribution is 0.0384. The summed E-state index contributed by atoms with van der Waals surface area (Å²) >= 11 is 1.42. The van der Waals surface area contributed by atoms with Crippen LogP contribution in [0.5, 0.6) is 0 Å². The zero-order valence-electron chi connectivity index (χ0n) is 12.2. The molecule has 0 saturated carbocycles. The monoisotopic (exact) mass is 308 g/mol. The van der Waals surface area contributed by atoms with Crippen LogP contribution in [0, 0.1) is 6.92 Å². The molecule has 0 aliphatic rings. The lowest BCUT2D eigenvalue weighted by Gasteiger charge is -2.18. The van der Waals surface area contributed by atoms with Crippen molar-refractivity contribution in [2.24, 2.45) is 0 Å². The third kappa shape index (κ3) is 3.26. The fraction of sp³-hybridized carbons (Fsp3) is 0.105. The largest absolute Gasteiger partial charge is 0.448 e. The van der Waals surface area contributed by atoms with E-state index in [1.54, 1.807) is 0 Å². The zero-order valence-corrected chi connectivity index (χ0v) is 13.0. The van der Waals surface area contributed by atoms with Gasteiger partial charge in [-0.3, -0.25) is 0 Å². The number of thiophene rings is 1. The first kappa shape index (κ1) is 14.5. The molecule has 3 rings (SSSR count). The molecule has 0 atom stereocenters. The van der Waals surface area contributed by atoms with Crippen LogP contribution in [-0.4, -0.2) is 5.97 Å². The molecular weight excluding hydrogens is 292 g/mol. The van der Waals surface area contributed by atoms with E-state index in [0.29, 0.717) is 4.88 Å². The van der Waals surface area contributed by atoms with Crippen molar-refractivity contribution >= 4 is 17.3 Å². The maximum Gasteiger partial charge on any atom is 0.349 e. The molecule has 2 aromatic carbocycles. The zero-order chi connectivity index (χ0) is 15.4. The van der Waals surface area contributed by atoms with Crippen LogP contribution in [0.2, 0.25) is 0 Å². The molecule has 3 aromatic rings. The van der Waals surface area contributed by atoms with E-state index in [9.17, 15) is 4.79 Å². The second-order valence-corrected chi connectivity index (χ2v) is 6.01. The maximum atomic E-state index is 12.4. The van der Waals surface area contributed by atoms with E-state index in [1.807, 2.05) is 79.0 Å². The predicted molar refractivity (Wildman–Crippen MR) is 89.2 cm³/mol. The molecule has 22 heavy (non-hydrogen) atoms. The molecule has 1 aromatic heterocycles. The average Bonchev–Trinajstić information content (AvgIpc) is 3.01. The van der Waals surface area contributed by atoms with E-state index in [4.69, 9.17) is 4.74 Å². The number of esters is 1. The summed E-state index contributed by atoms with van der Waals surface area (Å²) in [5.74, 6) is -0.282. The predicted octanol–water partition coefficient (Wildman–Crippen LogP) is 5.00. The number of ether oxygens (including phenoxy) is 1. The molecule has 0 N–H and O–H groups in total. The minimum Gasteiger partial charge on any atom is -0.448 e. The molecule has 1 heterocycles. The van der Waals surface area contributed by atoms with Gasteiger partial charge in [0.1, 0.15) is 4.88 Å². The van der Waals surface area contributed by atoms with Gasteiger partial charge in [0.2, 0.25) is 0 Å². The summed E-state index contributed by atoms with van der Waals surface area (Å²) < 4.78 is 5.79. The van der Waals surface area contributed by atoms with Crippen LogP contribution in [0.15, 0.2) is 72.1 Å². The van der Waals surface area contributed by atoms with Gasteiger partial charge in [-0.15, -0.1) is 11.3 Å². The van der Waals surface area contributed by atoms with Gasteiger partial charge in [0.15, 0.2) is 6.10 Å². The number of hydrogen-bond donors (Lipinski definition) is 0. The Kier molecular flexibility index (Phi) is 4.35. The number of carbonyl (C=O) groups excluding carboxylic acids is 1. The molecule has 0 aliphatic carbocycles.